The van der Waals surface area contributed by atoms with Gasteiger partial charge in [0.2, 0.25) is 5.69 Å². The SMILES string of the molecule is [2H]c1c([2H])c([2H])c(-c2ccc(C#N)c3c2oc2c(-c4cc(C(C)C)c(C)c[n+]4C)c(C)cc(C)c23)c([2H])c1[2H]. The van der Waals surface area contributed by atoms with Crippen molar-refractivity contribution in [3.05, 3.63) is 88.5 Å². The highest BCUT2D eigenvalue weighted by molar-refractivity contribution is 6.16. The summed E-state index contributed by atoms with van der Waals surface area (Å²) in [7, 11) is 2.00. The minimum atomic E-state index is -0.454. The molecule has 0 N–H and O–H groups in total. The van der Waals surface area contributed by atoms with Crippen LogP contribution in [0.1, 0.15) is 54.4 Å². The molecule has 0 bridgehead atoms. The lowest BCUT2D eigenvalue weighted by molar-refractivity contribution is -0.660. The van der Waals surface area contributed by atoms with Gasteiger partial charge in [-0.2, -0.15) is 5.26 Å². The fourth-order valence-corrected chi connectivity index (χ4v) is 5.07. The minimum absolute atomic E-state index is 0.0495. The number of fused-ring (bicyclic) bond motifs is 3. The van der Waals surface area contributed by atoms with Gasteiger partial charge in [-0.05, 0) is 61.1 Å². The number of nitriles is 1. The summed E-state index contributed by atoms with van der Waals surface area (Å²) in [5.41, 5.74) is 7.96. The third kappa shape index (κ3) is 3.30. The van der Waals surface area contributed by atoms with Crippen molar-refractivity contribution in [1.29, 1.82) is 5.26 Å². The van der Waals surface area contributed by atoms with Gasteiger partial charge in [0.1, 0.15) is 18.2 Å². The van der Waals surface area contributed by atoms with Crippen LogP contribution in [-0.2, 0) is 7.05 Å². The van der Waals surface area contributed by atoms with Crippen LogP contribution in [0.2, 0.25) is 0 Å². The number of benzene rings is 3. The zero-order valence-electron chi connectivity index (χ0n) is 25.3. The summed E-state index contributed by atoms with van der Waals surface area (Å²) >= 11 is 0. The molecule has 0 unspecified atom stereocenters. The number of hydrogen-bond donors (Lipinski definition) is 0. The Balaban J connectivity index is 1.99. The number of aromatic nitrogens is 1. The van der Waals surface area contributed by atoms with Crippen molar-refractivity contribution in [3.8, 4) is 28.5 Å². The quantitative estimate of drug-likeness (QED) is 0.265. The highest BCUT2D eigenvalue weighted by Crippen LogP contribution is 2.43. The van der Waals surface area contributed by atoms with E-state index in [-0.39, 0.29) is 17.6 Å². The van der Waals surface area contributed by atoms with E-state index in [9.17, 15) is 5.26 Å². The van der Waals surface area contributed by atoms with Crippen molar-refractivity contribution in [2.45, 2.75) is 40.5 Å². The number of aryl methyl sites for hydroxylation is 4. The zero-order chi connectivity index (χ0) is 28.5. The van der Waals surface area contributed by atoms with Crippen LogP contribution in [0.4, 0.5) is 0 Å². The van der Waals surface area contributed by atoms with E-state index in [4.69, 9.17) is 11.3 Å². The molecule has 3 nitrogen and oxygen atoms in total. The van der Waals surface area contributed by atoms with Gasteiger partial charge < -0.3 is 4.42 Å². The Kier molecular flexibility index (Phi) is 4.00. The highest BCUT2D eigenvalue weighted by atomic mass is 16.3. The van der Waals surface area contributed by atoms with Crippen LogP contribution < -0.4 is 4.57 Å². The molecule has 34 heavy (non-hydrogen) atoms. The van der Waals surface area contributed by atoms with E-state index in [2.05, 4.69) is 49.7 Å². The van der Waals surface area contributed by atoms with Gasteiger partial charge in [-0.15, -0.1) is 0 Å². The van der Waals surface area contributed by atoms with Crippen LogP contribution in [0.25, 0.3) is 44.3 Å². The Morgan fingerprint density at radius 3 is 2.35 bits per heavy atom. The van der Waals surface area contributed by atoms with Gasteiger partial charge in [0, 0.05) is 28.0 Å². The molecule has 0 amide bonds. The Morgan fingerprint density at radius 2 is 1.68 bits per heavy atom. The smallest absolute Gasteiger partial charge is 0.216 e. The molecule has 168 valence electrons. The summed E-state index contributed by atoms with van der Waals surface area (Å²) in [6, 6.07) is 7.87. The molecule has 0 saturated carbocycles. The van der Waals surface area contributed by atoms with Gasteiger partial charge in [-0.25, -0.2) is 4.57 Å². The second kappa shape index (κ2) is 8.15. The van der Waals surface area contributed by atoms with Crippen LogP contribution in [0.15, 0.2) is 65.1 Å². The van der Waals surface area contributed by atoms with Gasteiger partial charge in [-0.3, -0.25) is 0 Å². The van der Waals surface area contributed by atoms with E-state index < -0.39 is 18.1 Å². The second-order valence-electron chi connectivity index (χ2n) is 9.23. The van der Waals surface area contributed by atoms with Crippen molar-refractivity contribution in [3.63, 3.8) is 0 Å². The molecular weight excluding hydrogens is 416 g/mol. The Morgan fingerprint density at radius 1 is 0.941 bits per heavy atom. The number of furan rings is 1. The summed E-state index contributed by atoms with van der Waals surface area (Å²) < 4.78 is 50.2. The van der Waals surface area contributed by atoms with Crippen LogP contribution in [0.5, 0.6) is 0 Å². The zero-order valence-corrected chi connectivity index (χ0v) is 20.3. The van der Waals surface area contributed by atoms with E-state index in [0.717, 1.165) is 27.8 Å². The molecule has 0 aliphatic carbocycles. The monoisotopic (exact) mass is 450 g/mol. The van der Waals surface area contributed by atoms with Gasteiger partial charge >= 0.3 is 0 Å². The van der Waals surface area contributed by atoms with Crippen LogP contribution >= 0.6 is 0 Å². The molecule has 5 aromatic rings. The van der Waals surface area contributed by atoms with Crippen LogP contribution in [0.3, 0.4) is 0 Å². The van der Waals surface area contributed by atoms with Crippen molar-refractivity contribution >= 4 is 21.9 Å². The van der Waals surface area contributed by atoms with E-state index >= 15 is 0 Å². The Hall–Kier alpha value is -3.90. The Bertz CT molecular complexity index is 1870. The maximum Gasteiger partial charge on any atom is 0.216 e. The minimum Gasteiger partial charge on any atom is -0.454 e. The van der Waals surface area contributed by atoms with Gasteiger partial charge in [0.25, 0.3) is 0 Å². The first-order chi connectivity index (χ1) is 18.4. The number of pyridine rings is 1. The molecule has 0 fully saturated rings. The predicted octanol–water partition coefficient (Wildman–Crippen LogP) is 7.66. The first kappa shape index (κ1) is 16.7. The van der Waals surface area contributed by atoms with E-state index in [1.54, 1.807) is 12.1 Å². The number of nitrogens with zero attached hydrogens (tertiary/aromatic N) is 2. The van der Waals surface area contributed by atoms with Crippen molar-refractivity contribution in [2.75, 3.05) is 0 Å². The molecule has 0 radical (unpaired) electrons. The predicted molar refractivity (Wildman–Crippen MR) is 139 cm³/mol. The average Bonchev–Trinajstić information content (AvgIpc) is 3.28. The van der Waals surface area contributed by atoms with E-state index in [1.165, 1.54) is 11.1 Å². The summed E-state index contributed by atoms with van der Waals surface area (Å²) in [6.45, 7) is 10.4. The van der Waals surface area contributed by atoms with Gasteiger partial charge in [-0.1, -0.05) is 50.1 Å². The Labute approximate surface area is 207 Å². The first-order valence-corrected chi connectivity index (χ1v) is 11.4. The molecule has 0 spiro atoms. The molecule has 0 aliphatic rings. The molecule has 3 aromatic carbocycles. The second-order valence-corrected chi connectivity index (χ2v) is 9.23. The fraction of sp³-hybridized carbons (Fsp3) is 0.226. The van der Waals surface area contributed by atoms with Crippen LogP contribution in [-0.4, -0.2) is 0 Å². The average molecular weight is 451 g/mol. The molecule has 0 aliphatic heterocycles. The molecule has 2 aromatic heterocycles. The summed E-state index contributed by atoms with van der Waals surface area (Å²) in [5.74, 6) is 0.322. The molecule has 0 saturated heterocycles. The van der Waals surface area contributed by atoms with E-state index in [0.29, 0.717) is 33.6 Å². The maximum atomic E-state index is 10.1. The number of hydrogen-bond acceptors (Lipinski definition) is 2. The summed E-state index contributed by atoms with van der Waals surface area (Å²) in [4.78, 5) is 0. The van der Waals surface area contributed by atoms with E-state index in [1.807, 2.05) is 20.9 Å². The molecular formula is C31H29N2O+. The first-order valence-electron chi connectivity index (χ1n) is 13.9. The summed E-state index contributed by atoms with van der Waals surface area (Å²) in [6.07, 6.45) is 2.11. The summed E-state index contributed by atoms with van der Waals surface area (Å²) in [5, 5.41) is 11.4. The normalized spacial score (nSPS) is 13.5. The van der Waals surface area contributed by atoms with Crippen molar-refractivity contribution in [2.24, 2.45) is 7.05 Å². The topological polar surface area (TPSA) is 40.8 Å². The third-order valence-electron chi connectivity index (χ3n) is 6.57. The number of rotatable bonds is 3. The van der Waals surface area contributed by atoms with Crippen molar-refractivity contribution < 1.29 is 15.8 Å². The lowest BCUT2D eigenvalue weighted by atomic mass is 9.92. The highest BCUT2D eigenvalue weighted by Gasteiger charge is 2.26. The molecule has 5 rings (SSSR count). The van der Waals surface area contributed by atoms with Gasteiger partial charge in [0.05, 0.1) is 24.0 Å². The lowest BCUT2D eigenvalue weighted by Crippen LogP contribution is -2.32. The van der Waals surface area contributed by atoms with Crippen LogP contribution in [0, 0.1) is 32.1 Å². The third-order valence-corrected chi connectivity index (χ3v) is 6.57. The molecule has 3 heteroatoms. The largest absolute Gasteiger partial charge is 0.454 e. The van der Waals surface area contributed by atoms with Crippen molar-refractivity contribution in [1.82, 2.24) is 0 Å². The molecule has 0 atom stereocenters. The maximum absolute atomic E-state index is 10.1. The standard InChI is InChI=1S/C31H29N2O/c1-18(2)25-15-26(33(6)17-21(25)5)27-19(3)14-20(4)28-29-23(16-32)12-13-24(30(29)34-31(27)28)22-10-8-7-9-11-22/h7-15,17-18H,1-6H3/q+1/i7D,8D,9D,10D,11D. The fourth-order valence-electron chi connectivity index (χ4n) is 5.07. The lowest BCUT2D eigenvalue weighted by Gasteiger charge is -2.13. The molecule has 2 heterocycles. The van der Waals surface area contributed by atoms with Gasteiger partial charge in [0.15, 0.2) is 6.20 Å².